The van der Waals surface area contributed by atoms with E-state index in [4.69, 9.17) is 0 Å². The van der Waals surface area contributed by atoms with Crippen molar-refractivity contribution in [2.24, 2.45) is 0 Å². The Kier molecular flexibility index (Phi) is 4.81. The fraction of sp³-hybridized carbons (Fsp3) is 0.0526. The number of hydrogen-bond acceptors (Lipinski definition) is 2. The predicted molar refractivity (Wildman–Crippen MR) is 92.6 cm³/mol. The van der Waals surface area contributed by atoms with Crippen molar-refractivity contribution in [1.82, 2.24) is 0 Å². The third-order valence-corrected chi connectivity index (χ3v) is 5.47. The van der Waals surface area contributed by atoms with E-state index in [-0.39, 0.29) is 11.4 Å². The lowest BCUT2D eigenvalue weighted by atomic mass is 10.2. The number of anilines is 1. The van der Waals surface area contributed by atoms with Crippen LogP contribution in [0, 0.1) is 11.6 Å². The van der Waals surface area contributed by atoms with Crippen LogP contribution in [0.5, 0.6) is 0 Å². The number of rotatable bonds is 5. The average Bonchev–Trinajstić information content (AvgIpc) is 2.62. The molecule has 3 aromatic carbocycles. The van der Waals surface area contributed by atoms with Crippen molar-refractivity contribution in [2.45, 2.75) is 11.4 Å². The monoisotopic (exact) mass is 359 g/mol. The molecular weight excluding hydrogens is 344 g/mol. The smallest absolute Gasteiger partial charge is 0.262 e. The Morgan fingerprint density at radius 2 is 1.24 bits per heavy atom. The zero-order valence-corrected chi connectivity index (χ0v) is 14.0. The molecule has 0 amide bonds. The summed E-state index contributed by atoms with van der Waals surface area (Å²) < 4.78 is 53.6. The van der Waals surface area contributed by atoms with E-state index in [1.54, 1.807) is 12.1 Å². The summed E-state index contributed by atoms with van der Waals surface area (Å²) in [5, 5.41) is 0. The van der Waals surface area contributed by atoms with Crippen LogP contribution in [0.1, 0.15) is 5.56 Å². The number of halogens is 2. The van der Waals surface area contributed by atoms with Gasteiger partial charge in [-0.3, -0.25) is 4.31 Å². The van der Waals surface area contributed by atoms with Gasteiger partial charge in [0.25, 0.3) is 10.0 Å². The van der Waals surface area contributed by atoms with Gasteiger partial charge >= 0.3 is 0 Å². The van der Waals surface area contributed by atoms with Crippen LogP contribution in [0.25, 0.3) is 0 Å². The van der Waals surface area contributed by atoms with Crippen LogP contribution in [-0.4, -0.2) is 8.42 Å². The van der Waals surface area contributed by atoms with E-state index in [0.717, 1.165) is 17.7 Å². The molecule has 6 heteroatoms. The highest BCUT2D eigenvalue weighted by molar-refractivity contribution is 7.92. The summed E-state index contributed by atoms with van der Waals surface area (Å²) >= 11 is 0. The van der Waals surface area contributed by atoms with Crippen LogP contribution < -0.4 is 4.31 Å². The van der Waals surface area contributed by atoms with Crippen LogP contribution in [0.3, 0.4) is 0 Å². The first-order valence-corrected chi connectivity index (χ1v) is 8.98. The number of benzene rings is 3. The molecular formula is C19H15F2NO2S. The van der Waals surface area contributed by atoms with Crippen molar-refractivity contribution in [1.29, 1.82) is 0 Å². The minimum atomic E-state index is -3.94. The SMILES string of the molecule is O=S(=O)(c1ccc(F)cc1)N(Cc1ccccc1)c1ccc(F)cc1. The molecule has 0 fully saturated rings. The lowest BCUT2D eigenvalue weighted by Gasteiger charge is -2.24. The van der Waals surface area contributed by atoms with Crippen LogP contribution >= 0.6 is 0 Å². The summed E-state index contributed by atoms with van der Waals surface area (Å²) in [6.07, 6.45) is 0. The first-order valence-electron chi connectivity index (χ1n) is 7.54. The molecule has 0 N–H and O–H groups in total. The molecule has 0 aliphatic rings. The van der Waals surface area contributed by atoms with Gasteiger partial charge in [-0.25, -0.2) is 17.2 Å². The Labute approximate surface area is 145 Å². The molecule has 0 spiro atoms. The Bertz CT molecular complexity index is 941. The number of sulfonamides is 1. The summed E-state index contributed by atoms with van der Waals surface area (Å²) in [4.78, 5) is -0.0332. The summed E-state index contributed by atoms with van der Waals surface area (Å²) in [5.74, 6) is -0.974. The molecule has 3 nitrogen and oxygen atoms in total. The Morgan fingerprint density at radius 1 is 0.720 bits per heavy atom. The van der Waals surface area contributed by atoms with Crippen LogP contribution in [0.15, 0.2) is 83.8 Å². The van der Waals surface area contributed by atoms with Crippen molar-refractivity contribution in [3.8, 4) is 0 Å². The fourth-order valence-electron chi connectivity index (χ4n) is 2.41. The summed E-state index contributed by atoms with van der Waals surface area (Å²) in [7, 11) is -3.94. The second-order valence-corrected chi connectivity index (χ2v) is 7.29. The molecule has 3 aromatic rings. The molecule has 0 unspecified atom stereocenters. The second kappa shape index (κ2) is 7.03. The van der Waals surface area contributed by atoms with Crippen molar-refractivity contribution in [3.05, 3.63) is 96.1 Å². The normalized spacial score (nSPS) is 11.3. The molecule has 0 aromatic heterocycles. The topological polar surface area (TPSA) is 37.4 Å². The van der Waals surface area contributed by atoms with Crippen molar-refractivity contribution < 1.29 is 17.2 Å². The van der Waals surface area contributed by atoms with E-state index in [1.807, 2.05) is 18.2 Å². The van der Waals surface area contributed by atoms with Crippen LogP contribution in [0.4, 0.5) is 14.5 Å². The van der Waals surface area contributed by atoms with Gasteiger partial charge in [-0.05, 0) is 54.1 Å². The maximum atomic E-state index is 13.2. The van der Waals surface area contributed by atoms with Gasteiger partial charge < -0.3 is 0 Å². The van der Waals surface area contributed by atoms with Crippen molar-refractivity contribution in [2.75, 3.05) is 4.31 Å². The summed E-state index contributed by atoms with van der Waals surface area (Å²) in [5.41, 5.74) is 1.10. The third kappa shape index (κ3) is 3.85. The predicted octanol–water partition coefficient (Wildman–Crippen LogP) is 4.36. The van der Waals surface area contributed by atoms with E-state index >= 15 is 0 Å². The molecule has 0 radical (unpaired) electrons. The minimum Gasteiger partial charge on any atom is -0.262 e. The van der Waals surface area contributed by atoms with E-state index < -0.39 is 21.7 Å². The molecule has 3 rings (SSSR count). The van der Waals surface area contributed by atoms with Gasteiger partial charge in [0.2, 0.25) is 0 Å². The van der Waals surface area contributed by atoms with Gasteiger partial charge in [0.15, 0.2) is 0 Å². The second-order valence-electron chi connectivity index (χ2n) is 5.43. The molecule has 0 saturated heterocycles. The van der Waals surface area contributed by atoms with Crippen LogP contribution in [0.2, 0.25) is 0 Å². The highest BCUT2D eigenvalue weighted by Gasteiger charge is 2.25. The molecule has 0 aliphatic heterocycles. The number of nitrogens with zero attached hydrogens (tertiary/aromatic N) is 1. The summed E-state index contributed by atoms with van der Waals surface area (Å²) in [6.45, 7) is 0.0756. The van der Waals surface area contributed by atoms with Crippen molar-refractivity contribution in [3.63, 3.8) is 0 Å². The Morgan fingerprint density at radius 3 is 1.80 bits per heavy atom. The zero-order valence-electron chi connectivity index (χ0n) is 13.1. The lowest BCUT2D eigenvalue weighted by molar-refractivity contribution is 0.589. The maximum absolute atomic E-state index is 13.2. The van der Waals surface area contributed by atoms with Gasteiger partial charge in [0, 0.05) is 0 Å². The third-order valence-electron chi connectivity index (χ3n) is 3.69. The van der Waals surface area contributed by atoms with E-state index in [2.05, 4.69) is 0 Å². The molecule has 0 atom stereocenters. The molecule has 25 heavy (non-hydrogen) atoms. The minimum absolute atomic E-state index is 0.0332. The first-order chi connectivity index (χ1) is 12.0. The Hall–Kier alpha value is -2.73. The molecule has 0 heterocycles. The average molecular weight is 359 g/mol. The highest BCUT2D eigenvalue weighted by atomic mass is 32.2. The first kappa shape index (κ1) is 17.1. The highest BCUT2D eigenvalue weighted by Crippen LogP contribution is 2.26. The quantitative estimate of drug-likeness (QED) is 0.679. The molecule has 0 saturated carbocycles. The number of hydrogen-bond donors (Lipinski definition) is 0. The lowest BCUT2D eigenvalue weighted by Crippen LogP contribution is -2.30. The van der Waals surface area contributed by atoms with Gasteiger partial charge in [0.1, 0.15) is 11.6 Å². The molecule has 0 aliphatic carbocycles. The molecule has 128 valence electrons. The van der Waals surface area contributed by atoms with Gasteiger partial charge in [-0.1, -0.05) is 30.3 Å². The largest absolute Gasteiger partial charge is 0.264 e. The van der Waals surface area contributed by atoms with Crippen molar-refractivity contribution >= 4 is 15.7 Å². The summed E-state index contributed by atoms with van der Waals surface area (Å²) in [6, 6.07) is 18.9. The Balaban J connectivity index is 2.06. The fourth-order valence-corrected chi connectivity index (χ4v) is 3.86. The van der Waals surface area contributed by atoms with Gasteiger partial charge in [0.05, 0.1) is 17.1 Å². The maximum Gasteiger partial charge on any atom is 0.264 e. The zero-order chi connectivity index (χ0) is 17.9. The van der Waals surface area contributed by atoms with E-state index in [0.29, 0.717) is 5.69 Å². The van der Waals surface area contributed by atoms with Gasteiger partial charge in [-0.15, -0.1) is 0 Å². The van der Waals surface area contributed by atoms with Gasteiger partial charge in [-0.2, -0.15) is 0 Å². The van der Waals surface area contributed by atoms with E-state index in [9.17, 15) is 17.2 Å². The molecule has 0 bridgehead atoms. The van der Waals surface area contributed by atoms with E-state index in [1.165, 1.54) is 40.7 Å². The van der Waals surface area contributed by atoms with Crippen LogP contribution in [-0.2, 0) is 16.6 Å². The standard InChI is InChI=1S/C19H15F2NO2S/c20-16-6-10-18(11-7-16)22(14-15-4-2-1-3-5-15)25(23,24)19-12-8-17(21)9-13-19/h1-13H,14H2.